The summed E-state index contributed by atoms with van der Waals surface area (Å²) in [6, 6.07) is 18.7. The van der Waals surface area contributed by atoms with Gasteiger partial charge in [-0.05, 0) is 35.9 Å². The molecule has 4 nitrogen and oxygen atoms in total. The fourth-order valence-corrected chi connectivity index (χ4v) is 2.07. The third-order valence-corrected chi connectivity index (χ3v) is 3.24. The van der Waals surface area contributed by atoms with Crippen LogP contribution in [-0.2, 0) is 6.54 Å². The lowest BCUT2D eigenvalue weighted by atomic mass is 10.2. The van der Waals surface area contributed by atoms with Crippen LogP contribution in [-0.4, -0.2) is 15.9 Å². The van der Waals surface area contributed by atoms with Crippen LogP contribution < -0.4 is 5.32 Å². The van der Waals surface area contributed by atoms with Crippen molar-refractivity contribution in [1.82, 2.24) is 15.3 Å². The molecular weight excluding hydrogens is 274 g/mol. The number of hydrogen-bond donors (Lipinski definition) is 1. The molecule has 0 aliphatic rings. The van der Waals surface area contributed by atoms with Crippen LogP contribution in [0.3, 0.4) is 0 Å². The van der Waals surface area contributed by atoms with Crippen molar-refractivity contribution in [3.05, 3.63) is 84.2 Å². The van der Waals surface area contributed by atoms with E-state index < -0.39 is 0 Å². The SMILES string of the molecule is O=C(NCc1ccc(-c2ccccn2)nc1)c1ccccc1. The van der Waals surface area contributed by atoms with Crippen molar-refractivity contribution >= 4 is 5.91 Å². The maximum atomic E-state index is 12.0. The van der Waals surface area contributed by atoms with Crippen molar-refractivity contribution in [3.8, 4) is 11.4 Å². The first-order valence-corrected chi connectivity index (χ1v) is 7.02. The molecule has 1 N–H and O–H groups in total. The second kappa shape index (κ2) is 6.63. The first kappa shape index (κ1) is 13.9. The summed E-state index contributed by atoms with van der Waals surface area (Å²) in [7, 11) is 0. The third-order valence-electron chi connectivity index (χ3n) is 3.24. The number of nitrogens with one attached hydrogen (secondary N) is 1. The topological polar surface area (TPSA) is 54.9 Å². The lowest BCUT2D eigenvalue weighted by Gasteiger charge is -2.06. The van der Waals surface area contributed by atoms with E-state index >= 15 is 0 Å². The number of benzene rings is 1. The molecule has 0 aliphatic carbocycles. The third kappa shape index (κ3) is 3.35. The van der Waals surface area contributed by atoms with Gasteiger partial charge in [0.05, 0.1) is 11.4 Å². The summed E-state index contributed by atoms with van der Waals surface area (Å²) in [4.78, 5) is 20.6. The van der Waals surface area contributed by atoms with Gasteiger partial charge in [0.25, 0.3) is 5.91 Å². The Morgan fingerprint density at radius 1 is 0.864 bits per heavy atom. The fraction of sp³-hybridized carbons (Fsp3) is 0.0556. The molecule has 0 saturated carbocycles. The molecule has 3 rings (SSSR count). The standard InChI is InChI=1S/C18H15N3O/c22-18(15-6-2-1-3-7-15)21-13-14-9-10-17(20-12-14)16-8-4-5-11-19-16/h1-12H,13H2,(H,21,22). The molecule has 0 unspecified atom stereocenters. The molecule has 0 bridgehead atoms. The molecule has 3 aromatic rings. The largest absolute Gasteiger partial charge is 0.348 e. The van der Waals surface area contributed by atoms with E-state index in [0.29, 0.717) is 12.1 Å². The summed E-state index contributed by atoms with van der Waals surface area (Å²) in [5.41, 5.74) is 3.26. The van der Waals surface area contributed by atoms with E-state index in [2.05, 4.69) is 15.3 Å². The van der Waals surface area contributed by atoms with Crippen LogP contribution in [0.1, 0.15) is 15.9 Å². The van der Waals surface area contributed by atoms with Gasteiger partial charge in [0.2, 0.25) is 0 Å². The Morgan fingerprint density at radius 3 is 2.32 bits per heavy atom. The van der Waals surface area contributed by atoms with Gasteiger partial charge < -0.3 is 5.32 Å². The molecule has 0 saturated heterocycles. The minimum absolute atomic E-state index is 0.0885. The molecule has 108 valence electrons. The average molecular weight is 289 g/mol. The molecule has 0 aliphatic heterocycles. The molecule has 0 spiro atoms. The van der Waals surface area contributed by atoms with Crippen LogP contribution in [0.25, 0.3) is 11.4 Å². The van der Waals surface area contributed by atoms with Gasteiger partial charge in [-0.15, -0.1) is 0 Å². The zero-order valence-corrected chi connectivity index (χ0v) is 11.9. The smallest absolute Gasteiger partial charge is 0.251 e. The van der Waals surface area contributed by atoms with Gasteiger partial charge in [-0.1, -0.05) is 30.3 Å². The quantitative estimate of drug-likeness (QED) is 0.803. The summed E-state index contributed by atoms with van der Waals surface area (Å²) in [6.45, 7) is 0.448. The highest BCUT2D eigenvalue weighted by atomic mass is 16.1. The van der Waals surface area contributed by atoms with Crippen molar-refractivity contribution < 1.29 is 4.79 Å². The Balaban J connectivity index is 1.63. The fourth-order valence-electron chi connectivity index (χ4n) is 2.07. The Hall–Kier alpha value is -3.01. The van der Waals surface area contributed by atoms with Crippen LogP contribution in [0.2, 0.25) is 0 Å². The number of amides is 1. The van der Waals surface area contributed by atoms with Gasteiger partial charge in [0, 0.05) is 24.5 Å². The summed E-state index contributed by atoms with van der Waals surface area (Å²) in [5.74, 6) is -0.0885. The predicted molar refractivity (Wildman–Crippen MR) is 85.1 cm³/mol. The molecule has 2 aromatic heterocycles. The van der Waals surface area contributed by atoms with E-state index in [0.717, 1.165) is 17.0 Å². The normalized spacial score (nSPS) is 10.2. The highest BCUT2D eigenvalue weighted by molar-refractivity contribution is 5.94. The summed E-state index contributed by atoms with van der Waals surface area (Å²) in [6.07, 6.45) is 3.50. The lowest BCUT2D eigenvalue weighted by Crippen LogP contribution is -2.22. The number of carbonyl (C=O) groups is 1. The van der Waals surface area contributed by atoms with Crippen LogP contribution in [0.15, 0.2) is 73.1 Å². The van der Waals surface area contributed by atoms with Crippen LogP contribution >= 0.6 is 0 Å². The van der Waals surface area contributed by atoms with Crippen molar-refractivity contribution in [2.45, 2.75) is 6.54 Å². The van der Waals surface area contributed by atoms with Gasteiger partial charge in [0.1, 0.15) is 0 Å². The van der Waals surface area contributed by atoms with Gasteiger partial charge in [-0.2, -0.15) is 0 Å². The highest BCUT2D eigenvalue weighted by Crippen LogP contribution is 2.13. The maximum absolute atomic E-state index is 12.0. The summed E-state index contributed by atoms with van der Waals surface area (Å²) >= 11 is 0. The molecule has 0 fully saturated rings. The highest BCUT2D eigenvalue weighted by Gasteiger charge is 2.05. The minimum Gasteiger partial charge on any atom is -0.348 e. The van der Waals surface area contributed by atoms with E-state index in [-0.39, 0.29) is 5.91 Å². The van der Waals surface area contributed by atoms with E-state index in [1.54, 1.807) is 24.5 Å². The number of nitrogens with zero attached hydrogens (tertiary/aromatic N) is 2. The Kier molecular flexibility index (Phi) is 4.20. The second-order valence-corrected chi connectivity index (χ2v) is 4.82. The Labute approximate surface area is 128 Å². The van der Waals surface area contributed by atoms with Gasteiger partial charge in [-0.3, -0.25) is 14.8 Å². The van der Waals surface area contributed by atoms with Gasteiger partial charge in [0.15, 0.2) is 0 Å². The van der Waals surface area contributed by atoms with Crippen molar-refractivity contribution in [2.75, 3.05) is 0 Å². The number of hydrogen-bond acceptors (Lipinski definition) is 3. The van der Waals surface area contributed by atoms with Crippen LogP contribution in [0.4, 0.5) is 0 Å². The molecule has 2 heterocycles. The minimum atomic E-state index is -0.0885. The average Bonchev–Trinajstić information content (AvgIpc) is 2.61. The number of aromatic nitrogens is 2. The zero-order valence-electron chi connectivity index (χ0n) is 11.9. The van der Waals surface area contributed by atoms with Crippen LogP contribution in [0, 0.1) is 0 Å². The molecule has 4 heteroatoms. The molecule has 22 heavy (non-hydrogen) atoms. The van der Waals surface area contributed by atoms with Crippen LogP contribution in [0.5, 0.6) is 0 Å². The van der Waals surface area contributed by atoms with Gasteiger partial charge in [-0.25, -0.2) is 0 Å². The predicted octanol–water partition coefficient (Wildman–Crippen LogP) is 3.07. The van der Waals surface area contributed by atoms with Crippen molar-refractivity contribution in [2.24, 2.45) is 0 Å². The van der Waals surface area contributed by atoms with E-state index in [4.69, 9.17) is 0 Å². The molecule has 0 radical (unpaired) electrons. The monoisotopic (exact) mass is 289 g/mol. The first-order chi connectivity index (χ1) is 10.8. The summed E-state index contributed by atoms with van der Waals surface area (Å²) in [5, 5.41) is 2.88. The van der Waals surface area contributed by atoms with E-state index in [9.17, 15) is 4.79 Å². The number of rotatable bonds is 4. The van der Waals surface area contributed by atoms with Crippen molar-refractivity contribution in [1.29, 1.82) is 0 Å². The maximum Gasteiger partial charge on any atom is 0.251 e. The molecular formula is C18H15N3O. The lowest BCUT2D eigenvalue weighted by molar-refractivity contribution is 0.0951. The second-order valence-electron chi connectivity index (χ2n) is 4.82. The van der Waals surface area contributed by atoms with E-state index in [1.807, 2.05) is 48.5 Å². The molecule has 1 aromatic carbocycles. The number of carbonyl (C=O) groups excluding carboxylic acids is 1. The summed E-state index contributed by atoms with van der Waals surface area (Å²) < 4.78 is 0. The molecule has 0 atom stereocenters. The van der Waals surface area contributed by atoms with Gasteiger partial charge >= 0.3 is 0 Å². The van der Waals surface area contributed by atoms with Crippen molar-refractivity contribution in [3.63, 3.8) is 0 Å². The Bertz CT molecular complexity index is 740. The zero-order chi connectivity index (χ0) is 15.2. The number of pyridine rings is 2. The first-order valence-electron chi connectivity index (χ1n) is 7.02. The van der Waals surface area contributed by atoms with E-state index in [1.165, 1.54) is 0 Å². The Morgan fingerprint density at radius 2 is 1.64 bits per heavy atom. The molecule has 1 amide bonds.